The van der Waals surface area contributed by atoms with Crippen LogP contribution in [0.4, 0.5) is 0 Å². The van der Waals surface area contributed by atoms with Crippen molar-refractivity contribution in [2.75, 3.05) is 0 Å². The van der Waals surface area contributed by atoms with Gasteiger partial charge in [0.1, 0.15) is 5.82 Å². The van der Waals surface area contributed by atoms with Crippen LogP contribution in [0.15, 0.2) is 11.1 Å². The Morgan fingerprint density at radius 1 is 1.33 bits per heavy atom. The van der Waals surface area contributed by atoms with Crippen LogP contribution in [-0.4, -0.2) is 37.5 Å². The number of aliphatic hydroxyl groups is 1. The van der Waals surface area contributed by atoms with Crippen molar-refractivity contribution in [3.05, 3.63) is 17.7 Å². The number of thioether (sulfide) groups is 1. The fourth-order valence-corrected chi connectivity index (χ4v) is 2.16. The first-order valence-corrected chi connectivity index (χ1v) is 6.65. The smallest absolute Gasteiger partial charge is 0.355 e. The second kappa shape index (κ2) is 6.15. The quantitative estimate of drug-likeness (QED) is 0.798. The van der Waals surface area contributed by atoms with E-state index in [1.807, 2.05) is 20.8 Å². The molecule has 0 bridgehead atoms. The molecule has 1 aromatic rings. The molecule has 0 saturated heterocycles. The molecule has 2 atom stereocenters. The maximum absolute atomic E-state index is 11.2. The average Bonchev–Trinajstić information content (AvgIpc) is 2.28. The van der Waals surface area contributed by atoms with E-state index in [-0.39, 0.29) is 16.9 Å². The number of carboxylic acids is 1. The highest BCUT2D eigenvalue weighted by Crippen LogP contribution is 2.28. The van der Waals surface area contributed by atoms with Gasteiger partial charge in [0.25, 0.3) is 0 Å². The molecule has 0 aliphatic rings. The lowest BCUT2D eigenvalue weighted by atomic mass is 10.2. The molecule has 0 aromatic carbocycles. The molecule has 5 nitrogen and oxygen atoms in total. The summed E-state index contributed by atoms with van der Waals surface area (Å²) in [6.07, 6.45) is 0.997. The number of rotatable bonds is 5. The van der Waals surface area contributed by atoms with Gasteiger partial charge in [0.05, 0.1) is 11.0 Å². The topological polar surface area (TPSA) is 83.3 Å². The molecule has 0 aliphatic heterocycles. The summed E-state index contributed by atoms with van der Waals surface area (Å²) >= 11 is 1.27. The van der Waals surface area contributed by atoms with E-state index in [1.54, 1.807) is 6.92 Å². The number of aliphatic hydroxyl groups excluding tert-OH is 1. The summed E-state index contributed by atoms with van der Waals surface area (Å²) in [6.45, 7) is 7.32. The molecule has 0 saturated carbocycles. The third-order valence-electron chi connectivity index (χ3n) is 2.48. The second-order valence-electron chi connectivity index (χ2n) is 4.46. The molecule has 0 radical (unpaired) electrons. The van der Waals surface area contributed by atoms with Gasteiger partial charge in [-0.15, -0.1) is 11.8 Å². The van der Waals surface area contributed by atoms with E-state index in [0.717, 1.165) is 0 Å². The lowest BCUT2D eigenvalue weighted by Crippen LogP contribution is -2.16. The highest BCUT2D eigenvalue weighted by molar-refractivity contribution is 8.00. The van der Waals surface area contributed by atoms with Crippen molar-refractivity contribution in [3.63, 3.8) is 0 Å². The van der Waals surface area contributed by atoms with E-state index in [9.17, 15) is 9.90 Å². The van der Waals surface area contributed by atoms with Crippen molar-refractivity contribution in [2.24, 2.45) is 0 Å². The minimum Gasteiger partial charge on any atom is -0.476 e. The number of aromatic carboxylic acids is 1. The molecule has 0 fully saturated rings. The first kappa shape index (κ1) is 14.9. The van der Waals surface area contributed by atoms with E-state index >= 15 is 0 Å². The number of aromatic nitrogens is 2. The first-order valence-electron chi connectivity index (χ1n) is 5.77. The summed E-state index contributed by atoms with van der Waals surface area (Å²) in [4.78, 5) is 19.9. The Labute approximate surface area is 111 Å². The van der Waals surface area contributed by atoms with Crippen LogP contribution in [0.5, 0.6) is 0 Å². The van der Waals surface area contributed by atoms with Crippen molar-refractivity contribution < 1.29 is 15.0 Å². The van der Waals surface area contributed by atoms with Gasteiger partial charge in [-0.2, -0.15) is 0 Å². The third kappa shape index (κ3) is 3.68. The summed E-state index contributed by atoms with van der Waals surface area (Å²) in [6, 6.07) is 0. The number of carbonyl (C=O) groups is 1. The van der Waals surface area contributed by atoms with Crippen molar-refractivity contribution in [1.29, 1.82) is 0 Å². The second-order valence-corrected chi connectivity index (χ2v) is 5.88. The van der Waals surface area contributed by atoms with Gasteiger partial charge in [-0.25, -0.2) is 14.8 Å². The summed E-state index contributed by atoms with van der Waals surface area (Å²) < 4.78 is 0. The van der Waals surface area contributed by atoms with Gasteiger partial charge >= 0.3 is 5.97 Å². The third-order valence-corrected chi connectivity index (χ3v) is 3.80. The molecule has 2 unspecified atom stereocenters. The van der Waals surface area contributed by atoms with Gasteiger partial charge in [-0.3, -0.25) is 0 Å². The van der Waals surface area contributed by atoms with Crippen LogP contribution in [-0.2, 0) is 0 Å². The number of hydrogen-bond donors (Lipinski definition) is 2. The first-order chi connectivity index (χ1) is 8.32. The number of hydrogen-bond acceptors (Lipinski definition) is 5. The molecular formula is C12H18N2O3S. The number of carboxylic acid groups (broad SMARTS) is 1. The molecule has 1 heterocycles. The van der Waals surface area contributed by atoms with Crippen LogP contribution in [0.1, 0.15) is 49.9 Å². The molecule has 0 spiro atoms. The van der Waals surface area contributed by atoms with Gasteiger partial charge in [-0.05, 0) is 6.92 Å². The highest BCUT2D eigenvalue weighted by Gasteiger charge is 2.19. The summed E-state index contributed by atoms with van der Waals surface area (Å²) in [5.41, 5.74) is 0.00574. The normalized spacial score (nSPS) is 14.6. The van der Waals surface area contributed by atoms with Crippen LogP contribution < -0.4 is 0 Å². The van der Waals surface area contributed by atoms with Crippen molar-refractivity contribution in [2.45, 2.75) is 49.9 Å². The lowest BCUT2D eigenvalue weighted by Gasteiger charge is -2.15. The van der Waals surface area contributed by atoms with Crippen LogP contribution in [0, 0.1) is 0 Å². The van der Waals surface area contributed by atoms with Gasteiger partial charge < -0.3 is 10.2 Å². The Hall–Kier alpha value is -1.14. The highest BCUT2D eigenvalue weighted by atomic mass is 32.2. The number of nitrogens with zero attached hydrogens (tertiary/aromatic N) is 2. The molecular weight excluding hydrogens is 252 g/mol. The molecule has 1 rings (SSSR count). The van der Waals surface area contributed by atoms with Crippen molar-refractivity contribution in [1.82, 2.24) is 9.97 Å². The molecule has 0 aliphatic carbocycles. The van der Waals surface area contributed by atoms with E-state index in [4.69, 9.17) is 5.11 Å². The predicted octanol–water partition coefficient (Wildman–Crippen LogP) is 2.16. The van der Waals surface area contributed by atoms with Crippen LogP contribution in [0.25, 0.3) is 0 Å². The fourth-order valence-electron chi connectivity index (χ4n) is 1.20. The van der Waals surface area contributed by atoms with Crippen molar-refractivity contribution in [3.8, 4) is 0 Å². The average molecular weight is 270 g/mol. The van der Waals surface area contributed by atoms with E-state index in [0.29, 0.717) is 10.7 Å². The molecule has 0 amide bonds. The van der Waals surface area contributed by atoms with E-state index in [1.165, 1.54) is 18.0 Å². The largest absolute Gasteiger partial charge is 0.476 e. The maximum atomic E-state index is 11.2. The Kier molecular flexibility index (Phi) is 5.10. The Balaban J connectivity index is 3.08. The Morgan fingerprint density at radius 2 is 1.94 bits per heavy atom. The molecule has 100 valence electrons. The van der Waals surface area contributed by atoms with Gasteiger partial charge in [0, 0.05) is 17.4 Å². The molecule has 2 N–H and O–H groups in total. The van der Waals surface area contributed by atoms with Crippen LogP contribution >= 0.6 is 11.8 Å². The SMILES string of the molecule is CC(C)c1ncc(SC(C)C(C)O)c(C(=O)O)n1. The zero-order valence-corrected chi connectivity index (χ0v) is 11.7. The Morgan fingerprint density at radius 3 is 2.39 bits per heavy atom. The monoisotopic (exact) mass is 270 g/mol. The van der Waals surface area contributed by atoms with E-state index < -0.39 is 12.1 Å². The zero-order chi connectivity index (χ0) is 13.9. The molecule has 6 heteroatoms. The van der Waals surface area contributed by atoms with Gasteiger partial charge in [-0.1, -0.05) is 20.8 Å². The summed E-state index contributed by atoms with van der Waals surface area (Å²) in [7, 11) is 0. The maximum Gasteiger partial charge on any atom is 0.355 e. The standard InChI is InChI=1S/C12H18N2O3S/c1-6(2)11-13-5-9(10(14-11)12(16)17)18-8(4)7(3)15/h5-8,15H,1-4H3,(H,16,17). The minimum absolute atomic E-state index is 0.00574. The van der Waals surface area contributed by atoms with Crippen LogP contribution in [0.2, 0.25) is 0 Å². The fraction of sp³-hybridized carbons (Fsp3) is 0.583. The summed E-state index contributed by atoms with van der Waals surface area (Å²) in [5.74, 6) is -0.475. The van der Waals surface area contributed by atoms with Crippen LogP contribution in [0.3, 0.4) is 0 Å². The molecule has 18 heavy (non-hydrogen) atoms. The predicted molar refractivity (Wildman–Crippen MR) is 70.1 cm³/mol. The van der Waals surface area contributed by atoms with Gasteiger partial charge in [0.2, 0.25) is 0 Å². The van der Waals surface area contributed by atoms with Crippen molar-refractivity contribution >= 4 is 17.7 Å². The zero-order valence-electron chi connectivity index (χ0n) is 10.9. The Bertz CT molecular complexity index is 435. The minimum atomic E-state index is -1.07. The molecule has 1 aromatic heterocycles. The summed E-state index contributed by atoms with van der Waals surface area (Å²) in [5, 5.41) is 18.5. The van der Waals surface area contributed by atoms with Gasteiger partial charge in [0.15, 0.2) is 5.69 Å². The lowest BCUT2D eigenvalue weighted by molar-refractivity contribution is 0.0685. The van der Waals surface area contributed by atoms with E-state index in [2.05, 4.69) is 9.97 Å².